The molecule has 21 heavy (non-hydrogen) atoms. The van der Waals surface area contributed by atoms with Crippen molar-refractivity contribution in [1.29, 1.82) is 0 Å². The SMILES string of the molecule is Cc1cc(C(=O)O[C@@H](C)C(=O)OC(C)C)ccc1[N+](=O)[O-]. The molecule has 1 rings (SSSR count). The average molecular weight is 295 g/mol. The summed E-state index contributed by atoms with van der Waals surface area (Å²) in [6.07, 6.45) is -1.35. The van der Waals surface area contributed by atoms with Gasteiger partial charge in [0.15, 0.2) is 6.10 Å². The number of nitro groups is 1. The predicted molar refractivity (Wildman–Crippen MR) is 73.9 cm³/mol. The minimum atomic E-state index is -1.05. The van der Waals surface area contributed by atoms with Crippen LogP contribution >= 0.6 is 0 Å². The first-order chi connectivity index (χ1) is 9.72. The van der Waals surface area contributed by atoms with Crippen LogP contribution in [0.5, 0.6) is 0 Å². The summed E-state index contributed by atoms with van der Waals surface area (Å²) < 4.78 is 9.89. The zero-order valence-electron chi connectivity index (χ0n) is 12.3. The number of nitrogens with zero attached hydrogens (tertiary/aromatic N) is 1. The van der Waals surface area contributed by atoms with Crippen LogP contribution in [-0.4, -0.2) is 29.1 Å². The van der Waals surface area contributed by atoms with Gasteiger partial charge >= 0.3 is 11.9 Å². The molecule has 0 unspecified atom stereocenters. The molecule has 0 aliphatic heterocycles. The standard InChI is InChI=1S/C14H17NO6/c1-8(2)20-13(16)10(4)21-14(17)11-5-6-12(15(18)19)9(3)7-11/h5-8,10H,1-4H3/t10-/m0/s1. The molecule has 0 amide bonds. The van der Waals surface area contributed by atoms with E-state index in [-0.39, 0.29) is 17.4 Å². The second-order valence-electron chi connectivity index (χ2n) is 4.79. The number of benzene rings is 1. The molecule has 0 fully saturated rings. The van der Waals surface area contributed by atoms with Gasteiger partial charge in [-0.2, -0.15) is 0 Å². The quantitative estimate of drug-likeness (QED) is 0.470. The summed E-state index contributed by atoms with van der Waals surface area (Å²) >= 11 is 0. The van der Waals surface area contributed by atoms with Crippen LogP contribution in [0.1, 0.15) is 36.7 Å². The largest absolute Gasteiger partial charge is 0.460 e. The Labute approximate surface area is 122 Å². The van der Waals surface area contributed by atoms with Crippen molar-refractivity contribution in [3.05, 3.63) is 39.4 Å². The predicted octanol–water partition coefficient (Wildman–Crippen LogP) is 2.40. The minimum absolute atomic E-state index is 0.0844. The Bertz CT molecular complexity index is 567. The summed E-state index contributed by atoms with van der Waals surface area (Å²) in [5.74, 6) is -1.38. The van der Waals surface area contributed by atoms with Gasteiger partial charge in [-0.1, -0.05) is 0 Å². The van der Waals surface area contributed by atoms with E-state index in [1.807, 2.05) is 0 Å². The lowest BCUT2D eigenvalue weighted by Gasteiger charge is -2.14. The van der Waals surface area contributed by atoms with Crippen molar-refractivity contribution in [3.8, 4) is 0 Å². The van der Waals surface area contributed by atoms with Gasteiger partial charge in [-0.05, 0) is 39.8 Å². The molecule has 0 N–H and O–H groups in total. The molecule has 0 aliphatic rings. The van der Waals surface area contributed by atoms with Gasteiger partial charge in [-0.25, -0.2) is 9.59 Å². The zero-order valence-corrected chi connectivity index (χ0v) is 12.3. The first kappa shape index (κ1) is 16.6. The molecular weight excluding hydrogens is 278 g/mol. The molecule has 1 aromatic carbocycles. The molecule has 0 spiro atoms. The normalized spacial score (nSPS) is 11.9. The van der Waals surface area contributed by atoms with Crippen molar-refractivity contribution in [2.75, 3.05) is 0 Å². The van der Waals surface area contributed by atoms with E-state index in [9.17, 15) is 19.7 Å². The fraction of sp³-hybridized carbons (Fsp3) is 0.429. The Morgan fingerprint density at radius 1 is 1.19 bits per heavy atom. The third-order valence-electron chi connectivity index (χ3n) is 2.60. The number of hydrogen-bond acceptors (Lipinski definition) is 6. The fourth-order valence-electron chi connectivity index (χ4n) is 1.59. The number of carbonyl (C=O) groups is 2. The summed E-state index contributed by atoms with van der Waals surface area (Å²) in [5, 5.41) is 10.7. The molecule has 0 aromatic heterocycles. The van der Waals surface area contributed by atoms with Gasteiger partial charge in [0.05, 0.1) is 16.6 Å². The molecule has 0 saturated carbocycles. The Morgan fingerprint density at radius 3 is 2.29 bits per heavy atom. The number of ether oxygens (including phenoxy) is 2. The summed E-state index contributed by atoms with van der Waals surface area (Å²) in [4.78, 5) is 33.6. The molecule has 1 atom stereocenters. The van der Waals surface area contributed by atoms with Gasteiger partial charge in [-0.3, -0.25) is 10.1 Å². The lowest BCUT2D eigenvalue weighted by molar-refractivity contribution is -0.385. The van der Waals surface area contributed by atoms with Crippen molar-refractivity contribution < 1.29 is 24.0 Å². The molecule has 0 aliphatic carbocycles. The zero-order chi connectivity index (χ0) is 16.2. The Balaban J connectivity index is 2.78. The number of nitro benzene ring substituents is 1. The summed E-state index contributed by atoms with van der Waals surface area (Å²) in [6, 6.07) is 3.86. The Kier molecular flexibility index (Phi) is 5.40. The highest BCUT2D eigenvalue weighted by molar-refractivity contribution is 5.92. The van der Waals surface area contributed by atoms with Gasteiger partial charge < -0.3 is 9.47 Å². The van der Waals surface area contributed by atoms with E-state index in [0.29, 0.717) is 5.56 Å². The van der Waals surface area contributed by atoms with Gasteiger partial charge in [0.25, 0.3) is 5.69 Å². The third kappa shape index (κ3) is 4.55. The van der Waals surface area contributed by atoms with Gasteiger partial charge in [-0.15, -0.1) is 0 Å². The van der Waals surface area contributed by atoms with Crippen molar-refractivity contribution in [1.82, 2.24) is 0 Å². The number of esters is 2. The smallest absolute Gasteiger partial charge is 0.347 e. The van der Waals surface area contributed by atoms with Crippen LogP contribution in [-0.2, 0) is 14.3 Å². The summed E-state index contributed by atoms with van der Waals surface area (Å²) in [7, 11) is 0. The molecular formula is C14H17NO6. The molecule has 0 bridgehead atoms. The van der Waals surface area contributed by atoms with E-state index in [1.165, 1.54) is 32.0 Å². The molecule has 0 saturated heterocycles. The molecule has 7 nitrogen and oxygen atoms in total. The highest BCUT2D eigenvalue weighted by Crippen LogP contribution is 2.19. The lowest BCUT2D eigenvalue weighted by Crippen LogP contribution is -2.28. The van der Waals surface area contributed by atoms with Crippen LogP contribution in [0.2, 0.25) is 0 Å². The van der Waals surface area contributed by atoms with E-state index in [0.717, 1.165) is 0 Å². The van der Waals surface area contributed by atoms with Gasteiger partial charge in [0.1, 0.15) is 0 Å². The number of carbonyl (C=O) groups excluding carboxylic acids is 2. The monoisotopic (exact) mass is 295 g/mol. The number of aryl methyl sites for hydroxylation is 1. The van der Waals surface area contributed by atoms with E-state index < -0.39 is 23.0 Å². The molecule has 0 radical (unpaired) electrons. The second-order valence-corrected chi connectivity index (χ2v) is 4.79. The summed E-state index contributed by atoms with van der Waals surface area (Å²) in [5.41, 5.74) is 0.396. The maximum Gasteiger partial charge on any atom is 0.347 e. The van der Waals surface area contributed by atoms with E-state index >= 15 is 0 Å². The van der Waals surface area contributed by atoms with Crippen LogP contribution in [0.4, 0.5) is 5.69 Å². The van der Waals surface area contributed by atoms with Gasteiger partial charge in [0.2, 0.25) is 0 Å². The van der Waals surface area contributed by atoms with Crippen LogP contribution in [0.3, 0.4) is 0 Å². The first-order valence-corrected chi connectivity index (χ1v) is 6.39. The average Bonchev–Trinajstić information content (AvgIpc) is 2.36. The van der Waals surface area contributed by atoms with Crippen molar-refractivity contribution in [2.24, 2.45) is 0 Å². The molecule has 7 heteroatoms. The lowest BCUT2D eigenvalue weighted by atomic mass is 10.1. The van der Waals surface area contributed by atoms with Crippen LogP contribution in [0.15, 0.2) is 18.2 Å². The maximum atomic E-state index is 11.9. The Morgan fingerprint density at radius 2 is 1.81 bits per heavy atom. The molecule has 0 heterocycles. The minimum Gasteiger partial charge on any atom is -0.460 e. The summed E-state index contributed by atoms with van der Waals surface area (Å²) in [6.45, 7) is 6.30. The number of rotatable bonds is 5. The van der Waals surface area contributed by atoms with Crippen LogP contribution in [0.25, 0.3) is 0 Å². The molecule has 114 valence electrons. The number of hydrogen-bond donors (Lipinski definition) is 0. The van der Waals surface area contributed by atoms with Crippen LogP contribution in [0, 0.1) is 17.0 Å². The fourth-order valence-corrected chi connectivity index (χ4v) is 1.59. The maximum absolute atomic E-state index is 11.9. The van der Waals surface area contributed by atoms with Gasteiger partial charge in [0, 0.05) is 11.6 Å². The van der Waals surface area contributed by atoms with E-state index in [4.69, 9.17) is 9.47 Å². The van der Waals surface area contributed by atoms with Crippen LogP contribution < -0.4 is 0 Å². The van der Waals surface area contributed by atoms with Crippen molar-refractivity contribution >= 4 is 17.6 Å². The Hall–Kier alpha value is -2.44. The first-order valence-electron chi connectivity index (χ1n) is 6.39. The topological polar surface area (TPSA) is 95.7 Å². The second kappa shape index (κ2) is 6.83. The highest BCUT2D eigenvalue weighted by Gasteiger charge is 2.22. The van der Waals surface area contributed by atoms with E-state index in [1.54, 1.807) is 13.8 Å². The third-order valence-corrected chi connectivity index (χ3v) is 2.60. The van der Waals surface area contributed by atoms with Crippen molar-refractivity contribution in [2.45, 2.75) is 39.9 Å². The molecule has 1 aromatic rings. The highest BCUT2D eigenvalue weighted by atomic mass is 16.6. The van der Waals surface area contributed by atoms with E-state index in [2.05, 4.69) is 0 Å². The van der Waals surface area contributed by atoms with Crippen molar-refractivity contribution in [3.63, 3.8) is 0 Å².